The van der Waals surface area contributed by atoms with Crippen LogP contribution in [0.15, 0.2) is 29.4 Å². The Morgan fingerprint density at radius 3 is 2.83 bits per heavy atom. The molecule has 8 rings (SSSR count). The number of nitriles is 1. The molecule has 5 atom stereocenters. The van der Waals surface area contributed by atoms with Crippen molar-refractivity contribution in [3.05, 3.63) is 47.2 Å². The molecule has 1 amide bonds. The molecule has 4 aromatic rings. The Kier molecular flexibility index (Phi) is 6.26. The Morgan fingerprint density at radius 1 is 1.32 bits per heavy atom. The summed E-state index contributed by atoms with van der Waals surface area (Å²) in [7, 11) is 3.45. The second-order valence-corrected chi connectivity index (χ2v) is 12.8. The highest BCUT2D eigenvalue weighted by atomic mass is 32.2. The smallest absolute Gasteiger partial charge is 0.273 e. The number of hydrogen-bond donors (Lipinski definition) is 1. The number of pyridine rings is 2. The number of halogens is 1. The molecule has 1 saturated carbocycles. The van der Waals surface area contributed by atoms with Crippen LogP contribution in [-0.4, -0.2) is 67.8 Å². The van der Waals surface area contributed by atoms with Gasteiger partial charge in [-0.3, -0.25) is 9.78 Å². The Balaban J connectivity index is 1.47. The number of rotatable bonds is 6. The molecule has 2 aliphatic carbocycles. The van der Waals surface area contributed by atoms with Gasteiger partial charge in [0.2, 0.25) is 5.91 Å². The van der Waals surface area contributed by atoms with E-state index >= 15 is 4.39 Å². The van der Waals surface area contributed by atoms with Crippen molar-refractivity contribution in [1.29, 1.82) is 5.26 Å². The summed E-state index contributed by atoms with van der Waals surface area (Å²) in [5.41, 5.74) is 3.84. The molecule has 5 heterocycles. The first-order valence-electron chi connectivity index (χ1n) is 14.0. The van der Waals surface area contributed by atoms with Crippen molar-refractivity contribution < 1.29 is 13.7 Å². The zero-order valence-corrected chi connectivity index (χ0v) is 24.0. The van der Waals surface area contributed by atoms with Gasteiger partial charge in [0.1, 0.15) is 23.3 Å². The van der Waals surface area contributed by atoms with Crippen LogP contribution >= 0.6 is 0 Å². The average Bonchev–Trinajstić information content (AvgIpc) is 3.75. The number of aromatic nitrogens is 4. The Bertz CT molecular complexity index is 1760. The van der Waals surface area contributed by atoms with Crippen LogP contribution in [0.2, 0.25) is 0 Å². The van der Waals surface area contributed by atoms with Crippen LogP contribution in [0.4, 0.5) is 4.39 Å². The maximum Gasteiger partial charge on any atom is 0.273 e. The fourth-order valence-electron chi connectivity index (χ4n) is 6.99. The summed E-state index contributed by atoms with van der Waals surface area (Å²) in [6.45, 7) is 0.886. The number of benzene rings is 1. The quantitative estimate of drug-likeness (QED) is 0.351. The third-order valence-corrected chi connectivity index (χ3v) is 9.86. The minimum atomic E-state index is -1.55. The van der Waals surface area contributed by atoms with Crippen molar-refractivity contribution in [3.63, 3.8) is 0 Å². The summed E-state index contributed by atoms with van der Waals surface area (Å²) in [4.78, 5) is 28.2. The van der Waals surface area contributed by atoms with Gasteiger partial charge in [-0.15, -0.1) is 0 Å². The molecule has 9 nitrogen and oxygen atoms in total. The zero-order valence-electron chi connectivity index (χ0n) is 23.1. The standard InChI is InChI=1S/C30H30FN7O2S/c1-37(2)22(39)10-9-21-35-27-29(38(21)28-17-11-20(28)33-13-17)19-14-34-25(24(31)26(19)36-30(27)41(3)40)18-6-4-5-15-7-8-16(12-32)23(15)18/h4-6,14,16-17,20,28,33H,7-11,13H2,1-3H3. The van der Waals surface area contributed by atoms with Gasteiger partial charge >= 0.3 is 0 Å². The lowest BCUT2D eigenvalue weighted by atomic mass is 9.79. The Hall–Kier alpha value is -3.59. The first-order valence-corrected chi connectivity index (χ1v) is 15.5. The maximum absolute atomic E-state index is 16.6. The number of fused-ring (bicyclic) bond motifs is 5. The number of nitrogens with zero attached hydrogens (tertiary/aromatic N) is 6. The van der Waals surface area contributed by atoms with Crippen LogP contribution in [0.1, 0.15) is 48.2 Å². The minimum absolute atomic E-state index is 0.0102. The van der Waals surface area contributed by atoms with Crippen LogP contribution in [-0.2, 0) is 28.8 Å². The fraction of sp³-hybridized carbons (Fsp3) is 0.433. The SMILES string of the molecule is CN(C)C(=O)CCc1nc2c([S+](C)[O-])nc3c(F)c(-c4cccc5c4C(C#N)CC5)ncc3c2n1C1C2CNC1C2. The number of imidazole rings is 1. The van der Waals surface area contributed by atoms with E-state index in [2.05, 4.69) is 25.9 Å². The monoisotopic (exact) mass is 571 g/mol. The Morgan fingerprint density at radius 2 is 2.15 bits per heavy atom. The van der Waals surface area contributed by atoms with Crippen LogP contribution in [0.25, 0.3) is 33.2 Å². The van der Waals surface area contributed by atoms with E-state index < -0.39 is 17.0 Å². The molecule has 41 heavy (non-hydrogen) atoms. The van der Waals surface area contributed by atoms with Gasteiger partial charge in [0.15, 0.2) is 11.3 Å². The van der Waals surface area contributed by atoms with Gasteiger partial charge in [-0.1, -0.05) is 18.2 Å². The lowest BCUT2D eigenvalue weighted by molar-refractivity contribution is -0.128. The highest BCUT2D eigenvalue weighted by Crippen LogP contribution is 2.48. The number of amides is 1. The molecule has 3 fully saturated rings. The largest absolute Gasteiger partial charge is 0.610 e. The summed E-state index contributed by atoms with van der Waals surface area (Å²) in [6, 6.07) is 8.39. The third kappa shape index (κ3) is 3.95. The van der Waals surface area contributed by atoms with Crippen molar-refractivity contribution in [2.75, 3.05) is 26.9 Å². The summed E-state index contributed by atoms with van der Waals surface area (Å²) in [5.74, 6) is 0.180. The van der Waals surface area contributed by atoms with Crippen LogP contribution < -0.4 is 5.32 Å². The van der Waals surface area contributed by atoms with Crippen molar-refractivity contribution in [2.24, 2.45) is 5.92 Å². The summed E-state index contributed by atoms with van der Waals surface area (Å²) in [5, 5.41) is 14.0. The summed E-state index contributed by atoms with van der Waals surface area (Å²) < 4.78 is 31.7. The first-order chi connectivity index (χ1) is 19.8. The van der Waals surface area contributed by atoms with E-state index in [9.17, 15) is 14.6 Å². The van der Waals surface area contributed by atoms with Gasteiger partial charge in [-0.2, -0.15) is 10.2 Å². The molecular weight excluding hydrogens is 541 g/mol. The van der Waals surface area contributed by atoms with Gasteiger partial charge < -0.3 is 19.3 Å². The van der Waals surface area contributed by atoms with Crippen molar-refractivity contribution in [3.8, 4) is 17.3 Å². The highest BCUT2D eigenvalue weighted by Gasteiger charge is 2.49. The molecule has 0 radical (unpaired) electrons. The van der Waals surface area contributed by atoms with E-state index in [1.807, 2.05) is 18.2 Å². The molecule has 1 aromatic carbocycles. The maximum atomic E-state index is 16.6. The molecule has 2 bridgehead atoms. The fourth-order valence-corrected chi connectivity index (χ4v) is 7.62. The van der Waals surface area contributed by atoms with Crippen molar-refractivity contribution >= 4 is 39.0 Å². The second kappa shape index (κ2) is 9.76. The van der Waals surface area contributed by atoms with Gasteiger partial charge in [0.25, 0.3) is 5.03 Å². The van der Waals surface area contributed by atoms with Gasteiger partial charge in [0.05, 0.1) is 23.5 Å². The average molecular weight is 572 g/mol. The van der Waals surface area contributed by atoms with Gasteiger partial charge in [-0.05, 0) is 36.3 Å². The lowest BCUT2D eigenvalue weighted by Crippen LogP contribution is -2.39. The predicted molar refractivity (Wildman–Crippen MR) is 153 cm³/mol. The van der Waals surface area contributed by atoms with E-state index in [0.29, 0.717) is 46.6 Å². The topological polar surface area (TPSA) is 123 Å². The van der Waals surface area contributed by atoms with Crippen molar-refractivity contribution in [1.82, 2.24) is 29.7 Å². The molecule has 0 spiro atoms. The predicted octanol–water partition coefficient (Wildman–Crippen LogP) is 3.63. The zero-order chi connectivity index (χ0) is 28.6. The van der Waals surface area contributed by atoms with Crippen LogP contribution in [0.5, 0.6) is 0 Å². The molecule has 11 heteroatoms. The van der Waals surface area contributed by atoms with Crippen LogP contribution in [0.3, 0.4) is 0 Å². The van der Waals surface area contributed by atoms with Crippen molar-refractivity contribution in [2.45, 2.75) is 55.1 Å². The molecular formula is C30H30FN7O2S. The van der Waals surface area contributed by atoms with Crippen LogP contribution in [0, 0.1) is 23.1 Å². The van der Waals surface area contributed by atoms with Gasteiger partial charge in [-0.25, -0.2) is 9.37 Å². The molecule has 210 valence electrons. The summed E-state index contributed by atoms with van der Waals surface area (Å²) >= 11 is -1.55. The molecule has 3 aromatic heterocycles. The number of carbonyl (C=O) groups excluding carboxylic acids is 1. The van der Waals surface area contributed by atoms with E-state index in [1.165, 1.54) is 6.26 Å². The van der Waals surface area contributed by atoms with E-state index in [1.54, 1.807) is 25.2 Å². The molecule has 5 unspecified atom stereocenters. The highest BCUT2D eigenvalue weighted by molar-refractivity contribution is 7.90. The third-order valence-electron chi connectivity index (χ3n) is 9.03. The normalized spacial score (nSPS) is 23.4. The molecule has 2 saturated heterocycles. The minimum Gasteiger partial charge on any atom is -0.610 e. The van der Waals surface area contributed by atoms with E-state index in [4.69, 9.17) is 4.98 Å². The number of carbonyl (C=O) groups is 1. The van der Waals surface area contributed by atoms with E-state index in [-0.39, 0.29) is 46.6 Å². The number of aryl methyl sites for hydroxylation is 2. The molecule has 2 aliphatic heterocycles. The Labute approximate surface area is 240 Å². The molecule has 4 aliphatic rings. The second-order valence-electron chi connectivity index (χ2n) is 11.5. The van der Waals surface area contributed by atoms with Gasteiger partial charge in [0, 0.05) is 67.8 Å². The number of nitrogens with one attached hydrogen (secondary N) is 1. The molecule has 1 N–H and O–H groups in total. The first kappa shape index (κ1) is 26.3. The van der Waals surface area contributed by atoms with E-state index in [0.717, 1.165) is 30.5 Å². The lowest BCUT2D eigenvalue weighted by Gasteiger charge is -2.37. The number of hydrogen-bond acceptors (Lipinski definition) is 7. The summed E-state index contributed by atoms with van der Waals surface area (Å²) in [6.07, 6.45) is 6.36.